The van der Waals surface area contributed by atoms with Crippen LogP contribution in [-0.4, -0.2) is 48.0 Å². The molecule has 2 amide bonds. The number of amides is 2. The molecular formula is C19H25N3O4S. The molecule has 8 heteroatoms. The highest BCUT2D eigenvalue weighted by atomic mass is 32.1. The van der Waals surface area contributed by atoms with E-state index < -0.39 is 5.97 Å². The lowest BCUT2D eigenvalue weighted by Crippen LogP contribution is -2.37. The van der Waals surface area contributed by atoms with E-state index in [4.69, 9.17) is 12.2 Å². The van der Waals surface area contributed by atoms with Crippen molar-refractivity contribution in [2.75, 3.05) is 25.5 Å². The van der Waals surface area contributed by atoms with Crippen molar-refractivity contribution in [2.45, 2.75) is 32.6 Å². The fourth-order valence-electron chi connectivity index (χ4n) is 2.76. The molecular weight excluding hydrogens is 366 g/mol. The van der Waals surface area contributed by atoms with Crippen molar-refractivity contribution in [1.82, 2.24) is 10.2 Å². The molecule has 2 N–H and O–H groups in total. The average molecular weight is 391 g/mol. The van der Waals surface area contributed by atoms with Gasteiger partial charge in [0.15, 0.2) is 5.11 Å². The van der Waals surface area contributed by atoms with E-state index in [9.17, 15) is 14.4 Å². The van der Waals surface area contributed by atoms with Gasteiger partial charge in [-0.25, -0.2) is 0 Å². The Labute approximate surface area is 164 Å². The summed E-state index contributed by atoms with van der Waals surface area (Å²) in [6.45, 7) is 3.79. The summed E-state index contributed by atoms with van der Waals surface area (Å²) < 4.78 is 4.48. The molecule has 27 heavy (non-hydrogen) atoms. The Bertz CT molecular complexity index is 697. The van der Waals surface area contributed by atoms with Crippen LogP contribution in [0.2, 0.25) is 0 Å². The maximum Gasteiger partial charge on any atom is 0.306 e. The third-order valence-electron chi connectivity index (χ3n) is 4.50. The van der Waals surface area contributed by atoms with Crippen LogP contribution in [0.3, 0.4) is 0 Å². The van der Waals surface area contributed by atoms with Crippen LogP contribution in [0.1, 0.15) is 43.0 Å². The summed E-state index contributed by atoms with van der Waals surface area (Å²) in [5.74, 6) is -0.118. The van der Waals surface area contributed by atoms with Gasteiger partial charge >= 0.3 is 5.97 Å². The fourth-order valence-corrected chi connectivity index (χ4v) is 2.99. The van der Waals surface area contributed by atoms with Gasteiger partial charge in [-0.3, -0.25) is 14.4 Å². The zero-order valence-corrected chi connectivity index (χ0v) is 16.4. The lowest BCUT2D eigenvalue weighted by Gasteiger charge is -2.30. The maximum atomic E-state index is 12.5. The van der Waals surface area contributed by atoms with Crippen molar-refractivity contribution < 1.29 is 19.1 Å². The lowest BCUT2D eigenvalue weighted by molar-refractivity contribution is -0.142. The van der Waals surface area contributed by atoms with Gasteiger partial charge in [0.1, 0.15) is 0 Å². The smallest absolute Gasteiger partial charge is 0.306 e. The number of piperidine rings is 1. The number of ether oxygens (including phenoxy) is 1. The van der Waals surface area contributed by atoms with E-state index in [2.05, 4.69) is 22.3 Å². The molecule has 146 valence electrons. The molecule has 7 nitrogen and oxygen atoms in total. The number of nitrogens with one attached hydrogen (secondary N) is 2. The standard InChI is InChI=1S/C19H25N3O4S/c1-13-9-11-22(12-10-13)18(25)14-3-5-15(6-4-14)20-19(27)21-16(23)7-8-17(24)26-2/h3-6,13H,7-12H2,1-2H3,(H2,20,21,23,27). The highest BCUT2D eigenvalue weighted by molar-refractivity contribution is 7.80. The number of methoxy groups -OCH3 is 1. The monoisotopic (exact) mass is 391 g/mol. The highest BCUT2D eigenvalue weighted by Crippen LogP contribution is 2.19. The molecule has 0 saturated carbocycles. The van der Waals surface area contributed by atoms with Crippen LogP contribution in [0.5, 0.6) is 0 Å². The number of carbonyl (C=O) groups is 3. The normalized spacial score (nSPS) is 14.4. The van der Waals surface area contributed by atoms with Crippen molar-refractivity contribution in [3.8, 4) is 0 Å². The Morgan fingerprint density at radius 2 is 1.78 bits per heavy atom. The number of anilines is 1. The third-order valence-corrected chi connectivity index (χ3v) is 4.70. The van der Waals surface area contributed by atoms with Crippen LogP contribution in [-0.2, 0) is 14.3 Å². The van der Waals surface area contributed by atoms with Gasteiger partial charge in [0.2, 0.25) is 5.91 Å². The van der Waals surface area contributed by atoms with Gasteiger partial charge in [-0.2, -0.15) is 0 Å². The molecule has 0 aliphatic carbocycles. The summed E-state index contributed by atoms with van der Waals surface area (Å²) in [5, 5.41) is 5.52. The Morgan fingerprint density at radius 3 is 2.37 bits per heavy atom. The van der Waals surface area contributed by atoms with E-state index in [1.54, 1.807) is 24.3 Å². The quantitative estimate of drug-likeness (QED) is 0.592. The number of hydrogen-bond acceptors (Lipinski definition) is 5. The summed E-state index contributed by atoms with van der Waals surface area (Å²) in [4.78, 5) is 37.1. The summed E-state index contributed by atoms with van der Waals surface area (Å²) in [5.41, 5.74) is 1.29. The third kappa shape index (κ3) is 6.63. The van der Waals surface area contributed by atoms with Crippen LogP contribution in [0.25, 0.3) is 0 Å². The van der Waals surface area contributed by atoms with Gasteiger partial charge in [-0.05, 0) is 55.2 Å². The van der Waals surface area contributed by atoms with Crippen molar-refractivity contribution in [3.63, 3.8) is 0 Å². The second-order valence-electron chi connectivity index (χ2n) is 6.63. The number of benzene rings is 1. The number of hydrogen-bond donors (Lipinski definition) is 2. The van der Waals surface area contributed by atoms with Gasteiger partial charge in [0.25, 0.3) is 5.91 Å². The number of esters is 1. The van der Waals surface area contributed by atoms with Crippen molar-refractivity contribution in [3.05, 3.63) is 29.8 Å². The maximum absolute atomic E-state index is 12.5. The SMILES string of the molecule is COC(=O)CCC(=O)NC(=S)Nc1ccc(C(=O)N2CCC(C)CC2)cc1. The number of nitrogens with zero attached hydrogens (tertiary/aromatic N) is 1. The minimum absolute atomic E-state index is 0.00294. The second-order valence-corrected chi connectivity index (χ2v) is 7.04. The van der Waals surface area contributed by atoms with E-state index in [1.807, 2.05) is 4.90 Å². The molecule has 0 atom stereocenters. The zero-order chi connectivity index (χ0) is 19.8. The second kappa shape index (κ2) is 10.0. The van der Waals surface area contributed by atoms with Crippen LogP contribution in [0, 0.1) is 5.92 Å². The molecule has 0 unspecified atom stereocenters. The molecule has 0 bridgehead atoms. The van der Waals surface area contributed by atoms with Gasteiger partial charge in [0, 0.05) is 30.8 Å². The van der Waals surface area contributed by atoms with Crippen molar-refractivity contribution in [1.29, 1.82) is 0 Å². The summed E-state index contributed by atoms with van der Waals surface area (Å²) >= 11 is 5.08. The average Bonchev–Trinajstić information content (AvgIpc) is 2.66. The van der Waals surface area contributed by atoms with Crippen LogP contribution >= 0.6 is 12.2 Å². The van der Waals surface area contributed by atoms with Crippen molar-refractivity contribution in [2.24, 2.45) is 5.92 Å². The van der Waals surface area contributed by atoms with E-state index in [-0.39, 0.29) is 29.8 Å². The molecule has 1 aromatic rings. The Morgan fingerprint density at radius 1 is 1.15 bits per heavy atom. The lowest BCUT2D eigenvalue weighted by atomic mass is 9.98. The molecule has 0 aromatic heterocycles. The summed E-state index contributed by atoms with van der Waals surface area (Å²) in [6, 6.07) is 6.97. The predicted octanol–water partition coefficient (Wildman–Crippen LogP) is 2.32. The number of likely N-dealkylation sites (tertiary alicyclic amines) is 1. The van der Waals surface area contributed by atoms with Gasteiger partial charge in [-0.15, -0.1) is 0 Å². The van der Waals surface area contributed by atoms with Gasteiger partial charge in [-0.1, -0.05) is 6.92 Å². The number of thiocarbonyl (C=S) groups is 1. The summed E-state index contributed by atoms with van der Waals surface area (Å²) in [7, 11) is 1.27. The van der Waals surface area contributed by atoms with Crippen LogP contribution in [0.15, 0.2) is 24.3 Å². The van der Waals surface area contributed by atoms with Crippen LogP contribution in [0.4, 0.5) is 5.69 Å². The van der Waals surface area contributed by atoms with Gasteiger partial charge < -0.3 is 20.3 Å². The minimum Gasteiger partial charge on any atom is -0.469 e. The molecule has 0 spiro atoms. The molecule has 2 rings (SSSR count). The Hall–Kier alpha value is -2.48. The van der Waals surface area contributed by atoms with E-state index in [0.717, 1.165) is 25.9 Å². The molecule has 1 aromatic carbocycles. The first-order valence-corrected chi connectivity index (χ1v) is 9.37. The van der Waals surface area contributed by atoms with Crippen molar-refractivity contribution >= 4 is 40.8 Å². The first-order valence-electron chi connectivity index (χ1n) is 8.96. The molecule has 1 aliphatic heterocycles. The highest BCUT2D eigenvalue weighted by Gasteiger charge is 2.21. The van der Waals surface area contributed by atoms with E-state index in [0.29, 0.717) is 17.2 Å². The number of carbonyl (C=O) groups excluding carboxylic acids is 3. The first kappa shape index (κ1) is 20.8. The van der Waals surface area contributed by atoms with Gasteiger partial charge in [0.05, 0.1) is 13.5 Å². The predicted molar refractivity (Wildman–Crippen MR) is 106 cm³/mol. The topological polar surface area (TPSA) is 87.7 Å². The molecule has 1 heterocycles. The van der Waals surface area contributed by atoms with E-state index >= 15 is 0 Å². The van der Waals surface area contributed by atoms with Crippen LogP contribution < -0.4 is 10.6 Å². The number of rotatable bonds is 5. The Balaban J connectivity index is 1.82. The largest absolute Gasteiger partial charge is 0.469 e. The fraction of sp³-hybridized carbons (Fsp3) is 0.474. The first-order chi connectivity index (χ1) is 12.9. The molecule has 0 radical (unpaired) electrons. The zero-order valence-electron chi connectivity index (χ0n) is 15.6. The molecule has 1 aliphatic rings. The Kier molecular flexibility index (Phi) is 7.72. The minimum atomic E-state index is -0.451. The molecule has 1 saturated heterocycles. The molecule has 1 fully saturated rings. The van der Waals surface area contributed by atoms with E-state index in [1.165, 1.54) is 7.11 Å². The summed E-state index contributed by atoms with van der Waals surface area (Å²) in [6.07, 6.45) is 2.07.